The van der Waals surface area contributed by atoms with Gasteiger partial charge >= 0.3 is 0 Å². The van der Waals surface area contributed by atoms with E-state index in [2.05, 4.69) is 53.3 Å². The third-order valence-corrected chi connectivity index (χ3v) is 7.01. The van der Waals surface area contributed by atoms with E-state index in [9.17, 15) is 14.9 Å². The number of aryl methyl sites for hydroxylation is 1. The Morgan fingerprint density at radius 3 is 2.71 bits per heavy atom. The van der Waals surface area contributed by atoms with Crippen LogP contribution in [0.25, 0.3) is 10.9 Å². The number of nitro benzene ring substituents is 1. The Labute approximate surface area is 180 Å². The average Bonchev–Trinajstić information content (AvgIpc) is 3.09. The predicted octanol–water partition coefficient (Wildman–Crippen LogP) is 3.48. The molecule has 1 N–H and O–H groups in total. The number of hydrogen-bond donors (Lipinski definition) is 1. The van der Waals surface area contributed by atoms with Crippen LogP contribution in [-0.4, -0.2) is 46.5 Å². The van der Waals surface area contributed by atoms with Gasteiger partial charge in [0.25, 0.3) is 11.6 Å². The number of nitrogens with zero attached hydrogens (tertiary/aromatic N) is 3. The molecule has 160 valence electrons. The van der Waals surface area contributed by atoms with E-state index in [-0.39, 0.29) is 11.6 Å². The van der Waals surface area contributed by atoms with E-state index in [0.717, 1.165) is 19.4 Å². The molecular weight excluding hydrogens is 392 g/mol. The van der Waals surface area contributed by atoms with Gasteiger partial charge in [-0.1, -0.05) is 12.1 Å². The summed E-state index contributed by atoms with van der Waals surface area (Å²) in [6, 6.07) is 12.9. The maximum atomic E-state index is 12.6. The minimum Gasteiger partial charge on any atom is -0.352 e. The molecule has 0 unspecified atom stereocenters. The third-order valence-electron chi connectivity index (χ3n) is 7.01. The quantitative estimate of drug-likeness (QED) is 0.520. The van der Waals surface area contributed by atoms with Crippen LogP contribution >= 0.6 is 0 Å². The maximum Gasteiger partial charge on any atom is 0.269 e. The molecule has 1 amide bonds. The molecule has 31 heavy (non-hydrogen) atoms. The van der Waals surface area contributed by atoms with Crippen LogP contribution < -0.4 is 5.32 Å². The van der Waals surface area contributed by atoms with Crippen LogP contribution in [-0.2, 0) is 13.5 Å². The summed E-state index contributed by atoms with van der Waals surface area (Å²) >= 11 is 0. The lowest BCUT2D eigenvalue weighted by Gasteiger charge is -2.45. The van der Waals surface area contributed by atoms with Gasteiger partial charge in [-0.2, -0.15) is 0 Å². The summed E-state index contributed by atoms with van der Waals surface area (Å²) in [5.74, 6) is 0.628. The molecule has 1 saturated heterocycles. The second-order valence-electron chi connectivity index (χ2n) is 8.94. The Hall–Kier alpha value is -3.19. The molecule has 7 heteroatoms. The van der Waals surface area contributed by atoms with E-state index >= 15 is 0 Å². The highest BCUT2D eigenvalue weighted by Gasteiger charge is 2.39. The molecule has 3 aromatic rings. The maximum absolute atomic E-state index is 12.6. The number of nitro groups is 1. The third kappa shape index (κ3) is 3.39. The first-order valence-electron chi connectivity index (χ1n) is 10.7. The molecule has 1 aliphatic carbocycles. The number of non-ortho nitro benzene ring substituents is 1. The van der Waals surface area contributed by atoms with E-state index in [0.29, 0.717) is 30.0 Å². The van der Waals surface area contributed by atoms with Crippen molar-refractivity contribution in [1.29, 1.82) is 0 Å². The molecule has 0 saturated carbocycles. The van der Waals surface area contributed by atoms with Crippen molar-refractivity contribution in [3.63, 3.8) is 0 Å². The minimum atomic E-state index is -0.459. The molecule has 5 rings (SSSR count). The number of benzene rings is 2. The number of fused-ring (bicyclic) bond motifs is 2. The molecule has 0 bridgehead atoms. The van der Waals surface area contributed by atoms with Gasteiger partial charge in [0.05, 0.1) is 4.92 Å². The highest BCUT2D eigenvalue weighted by Crippen LogP contribution is 2.44. The summed E-state index contributed by atoms with van der Waals surface area (Å²) in [4.78, 5) is 25.4. The standard InChI is InChI=1S/C24H26N4O3/c1-26-13-15(12-25-24(29)16-6-8-18(9-7-16)28(30)31)10-20-19-4-3-5-21-23(19)17(11-22(20)26)14-27(21)2/h3-9,14-15,20,22H,10-13H2,1-2H3,(H,25,29)/t15-,20+,22+/m0/s1. The van der Waals surface area contributed by atoms with E-state index in [1.54, 1.807) is 0 Å². The summed E-state index contributed by atoms with van der Waals surface area (Å²) in [6.07, 6.45) is 4.38. The van der Waals surface area contributed by atoms with E-state index in [4.69, 9.17) is 0 Å². The second kappa shape index (κ2) is 7.50. The zero-order chi connectivity index (χ0) is 21.7. The molecule has 1 fully saturated rings. The van der Waals surface area contributed by atoms with Crippen molar-refractivity contribution in [1.82, 2.24) is 14.8 Å². The molecule has 0 spiro atoms. The van der Waals surface area contributed by atoms with Crippen molar-refractivity contribution in [2.75, 3.05) is 20.1 Å². The first-order chi connectivity index (χ1) is 14.9. The Bertz CT molecular complexity index is 1170. The smallest absolute Gasteiger partial charge is 0.269 e. The topological polar surface area (TPSA) is 80.4 Å². The van der Waals surface area contributed by atoms with Crippen molar-refractivity contribution in [3.05, 3.63) is 75.5 Å². The zero-order valence-electron chi connectivity index (χ0n) is 17.7. The van der Waals surface area contributed by atoms with Crippen LogP contribution in [0.2, 0.25) is 0 Å². The van der Waals surface area contributed by atoms with Crippen molar-refractivity contribution in [2.45, 2.75) is 24.8 Å². The molecule has 1 aromatic heterocycles. The number of carbonyl (C=O) groups is 1. The largest absolute Gasteiger partial charge is 0.352 e. The van der Waals surface area contributed by atoms with Crippen LogP contribution in [0.15, 0.2) is 48.7 Å². The summed E-state index contributed by atoms with van der Waals surface area (Å²) in [5, 5.41) is 15.3. The summed E-state index contributed by atoms with van der Waals surface area (Å²) < 4.78 is 2.23. The van der Waals surface area contributed by atoms with Gasteiger partial charge in [-0.3, -0.25) is 14.9 Å². The summed E-state index contributed by atoms with van der Waals surface area (Å²) in [6.45, 7) is 1.54. The van der Waals surface area contributed by atoms with E-state index in [1.165, 1.54) is 46.3 Å². The van der Waals surface area contributed by atoms with Gasteiger partial charge in [-0.05, 0) is 55.1 Å². The van der Waals surface area contributed by atoms with Crippen LogP contribution in [0, 0.1) is 16.0 Å². The lowest BCUT2D eigenvalue weighted by molar-refractivity contribution is -0.384. The van der Waals surface area contributed by atoms with Gasteiger partial charge in [0.2, 0.25) is 0 Å². The number of likely N-dealkylation sites (tertiary alicyclic amines) is 1. The number of piperidine rings is 1. The van der Waals surface area contributed by atoms with Crippen molar-refractivity contribution in [3.8, 4) is 0 Å². The van der Waals surface area contributed by atoms with Crippen molar-refractivity contribution < 1.29 is 9.72 Å². The molecule has 3 atom stereocenters. The molecule has 7 nitrogen and oxygen atoms in total. The first kappa shape index (κ1) is 19.8. The minimum absolute atomic E-state index is 0.0109. The fourth-order valence-corrected chi connectivity index (χ4v) is 5.55. The summed E-state index contributed by atoms with van der Waals surface area (Å²) in [5.41, 5.74) is 4.60. The second-order valence-corrected chi connectivity index (χ2v) is 8.94. The molecule has 2 aromatic carbocycles. The molecule has 0 radical (unpaired) electrons. The number of carbonyl (C=O) groups excluding carboxylic acids is 1. The number of aromatic nitrogens is 1. The van der Waals surface area contributed by atoms with Gasteiger partial charge < -0.3 is 14.8 Å². The Kier molecular flexibility index (Phi) is 4.78. The molecular formula is C24H26N4O3. The van der Waals surface area contributed by atoms with E-state index < -0.39 is 4.92 Å². The number of amides is 1. The van der Waals surface area contributed by atoms with Crippen LogP contribution in [0.5, 0.6) is 0 Å². The first-order valence-corrected chi connectivity index (χ1v) is 10.7. The highest BCUT2D eigenvalue weighted by atomic mass is 16.6. The average molecular weight is 418 g/mol. The fraction of sp³-hybridized carbons (Fsp3) is 0.375. The monoisotopic (exact) mass is 418 g/mol. The predicted molar refractivity (Wildman–Crippen MR) is 119 cm³/mol. The fourth-order valence-electron chi connectivity index (χ4n) is 5.55. The highest BCUT2D eigenvalue weighted by molar-refractivity contribution is 5.94. The van der Waals surface area contributed by atoms with Gasteiger partial charge in [0.1, 0.15) is 0 Å². The Balaban J connectivity index is 1.31. The molecule has 2 aliphatic rings. The lowest BCUT2D eigenvalue weighted by atomic mass is 9.72. The number of hydrogen-bond acceptors (Lipinski definition) is 4. The lowest BCUT2D eigenvalue weighted by Crippen LogP contribution is -2.50. The number of rotatable bonds is 4. The Morgan fingerprint density at radius 2 is 1.97 bits per heavy atom. The number of nitrogens with one attached hydrogen (secondary N) is 1. The summed E-state index contributed by atoms with van der Waals surface area (Å²) in [7, 11) is 4.31. The SMILES string of the molecule is CN1C[C@H](CNC(=O)c2ccc([N+](=O)[O-])cc2)C[C@@H]2c3cccc4c3c(cn4C)C[C@H]21. The van der Waals surface area contributed by atoms with Gasteiger partial charge in [-0.25, -0.2) is 0 Å². The zero-order valence-corrected chi connectivity index (χ0v) is 17.7. The van der Waals surface area contributed by atoms with Crippen LogP contribution in [0.1, 0.15) is 33.8 Å². The van der Waals surface area contributed by atoms with Crippen LogP contribution in [0.4, 0.5) is 5.69 Å². The van der Waals surface area contributed by atoms with Crippen LogP contribution in [0.3, 0.4) is 0 Å². The van der Waals surface area contributed by atoms with Crippen molar-refractivity contribution in [2.24, 2.45) is 13.0 Å². The normalized spacial score (nSPS) is 22.8. The van der Waals surface area contributed by atoms with Gasteiger partial charge in [0.15, 0.2) is 0 Å². The van der Waals surface area contributed by atoms with E-state index in [1.807, 2.05) is 0 Å². The van der Waals surface area contributed by atoms with Crippen molar-refractivity contribution >= 4 is 22.5 Å². The van der Waals surface area contributed by atoms with Gasteiger partial charge in [0, 0.05) is 66.9 Å². The molecule has 2 heterocycles. The molecule has 1 aliphatic heterocycles. The van der Waals surface area contributed by atoms with Gasteiger partial charge in [-0.15, -0.1) is 0 Å². The number of likely N-dealkylation sites (N-methyl/N-ethyl adjacent to an activating group) is 1. The Morgan fingerprint density at radius 1 is 1.19 bits per heavy atom.